The first-order chi connectivity index (χ1) is 9.17. The van der Waals surface area contributed by atoms with Crippen molar-refractivity contribution in [2.24, 2.45) is 0 Å². The van der Waals surface area contributed by atoms with Gasteiger partial charge in [-0.05, 0) is 24.6 Å². The molecular weight excluding hydrogens is 324 g/mol. The highest BCUT2D eigenvalue weighted by atomic mass is 79.9. The molecule has 0 saturated heterocycles. The normalized spacial score (nSPS) is 10.6. The van der Waals surface area contributed by atoms with E-state index in [9.17, 15) is 0 Å². The van der Waals surface area contributed by atoms with Crippen molar-refractivity contribution in [2.75, 3.05) is 5.73 Å². The van der Waals surface area contributed by atoms with Crippen LogP contribution in [0.4, 0.5) is 5.95 Å². The Kier molecular flexibility index (Phi) is 5.15. The highest BCUT2D eigenvalue weighted by molar-refractivity contribution is 9.10. The molecule has 0 fully saturated rings. The first-order valence-electron chi connectivity index (χ1n) is 6.05. The second kappa shape index (κ2) is 6.86. The van der Waals surface area contributed by atoms with Crippen LogP contribution in [0.5, 0.6) is 0 Å². The predicted molar refractivity (Wildman–Crippen MR) is 81.9 cm³/mol. The summed E-state index contributed by atoms with van der Waals surface area (Å²) in [5.74, 6) is 2.52. The molecule has 19 heavy (non-hydrogen) atoms. The van der Waals surface area contributed by atoms with Gasteiger partial charge in [-0.2, -0.15) is 9.97 Å². The highest BCUT2D eigenvalue weighted by Gasteiger charge is 2.05. The zero-order valence-corrected chi connectivity index (χ0v) is 13.0. The molecule has 0 aliphatic carbocycles. The lowest BCUT2D eigenvalue weighted by molar-refractivity contribution is 0.802. The Morgan fingerprint density at radius 2 is 2.00 bits per heavy atom. The van der Waals surface area contributed by atoms with Crippen LogP contribution < -0.4 is 5.73 Å². The molecule has 100 valence electrons. The van der Waals surface area contributed by atoms with Crippen LogP contribution in [-0.2, 0) is 12.2 Å². The van der Waals surface area contributed by atoms with Crippen molar-refractivity contribution in [2.45, 2.75) is 30.4 Å². The number of thioether (sulfide) groups is 1. The number of nitrogens with zero attached hydrogens (tertiary/aromatic N) is 3. The fourth-order valence-electron chi connectivity index (χ4n) is 1.59. The number of nitrogens with two attached hydrogens (primary N) is 1. The fourth-order valence-corrected chi connectivity index (χ4v) is 2.95. The molecular formula is C13H15BrN4S. The van der Waals surface area contributed by atoms with Crippen LogP contribution in [0.25, 0.3) is 0 Å². The largest absolute Gasteiger partial charge is 0.368 e. The summed E-state index contributed by atoms with van der Waals surface area (Å²) in [4.78, 5) is 13.9. The molecule has 2 rings (SSSR count). The second-order valence-electron chi connectivity index (χ2n) is 4.02. The quantitative estimate of drug-likeness (QED) is 0.845. The van der Waals surface area contributed by atoms with Crippen molar-refractivity contribution in [1.82, 2.24) is 15.0 Å². The number of aryl methyl sites for hydroxylation is 1. The molecule has 0 unspecified atom stereocenters. The number of nitrogen functional groups attached to an aromatic ring is 1. The van der Waals surface area contributed by atoms with Crippen molar-refractivity contribution in [3.63, 3.8) is 0 Å². The molecule has 0 bridgehead atoms. The lowest BCUT2D eigenvalue weighted by Gasteiger charge is -2.04. The van der Waals surface area contributed by atoms with Gasteiger partial charge in [0.15, 0.2) is 0 Å². The molecule has 2 N–H and O–H groups in total. The molecule has 0 saturated carbocycles. The van der Waals surface area contributed by atoms with Gasteiger partial charge < -0.3 is 5.73 Å². The number of rotatable bonds is 5. The standard InChI is InChI=1S/C13H15BrN4S/c1-2-4-11-16-12(18-13(15)17-11)8-19-10-6-3-5-9(14)7-10/h3,5-7H,2,4,8H2,1H3,(H2,15,16,17,18). The zero-order chi connectivity index (χ0) is 13.7. The van der Waals surface area contributed by atoms with Gasteiger partial charge in [-0.15, -0.1) is 11.8 Å². The van der Waals surface area contributed by atoms with E-state index in [1.165, 1.54) is 4.90 Å². The summed E-state index contributed by atoms with van der Waals surface area (Å²) in [6.07, 6.45) is 1.84. The molecule has 6 heteroatoms. The highest BCUT2D eigenvalue weighted by Crippen LogP contribution is 2.24. The molecule has 1 aromatic carbocycles. The van der Waals surface area contributed by atoms with Crippen LogP contribution in [0, 0.1) is 0 Å². The summed E-state index contributed by atoms with van der Waals surface area (Å²) in [5.41, 5.74) is 5.70. The molecule has 0 amide bonds. The molecule has 2 aromatic rings. The van der Waals surface area contributed by atoms with E-state index in [-0.39, 0.29) is 0 Å². The Hall–Kier alpha value is -1.14. The Labute approximate surface area is 125 Å². The Morgan fingerprint density at radius 1 is 1.21 bits per heavy atom. The van der Waals surface area contributed by atoms with Crippen molar-refractivity contribution in [1.29, 1.82) is 0 Å². The minimum absolute atomic E-state index is 0.309. The summed E-state index contributed by atoms with van der Waals surface area (Å²) in [6, 6.07) is 8.15. The molecule has 0 atom stereocenters. The number of halogens is 1. The Balaban J connectivity index is 2.06. The van der Waals surface area contributed by atoms with Crippen molar-refractivity contribution < 1.29 is 0 Å². The van der Waals surface area contributed by atoms with E-state index >= 15 is 0 Å². The molecule has 0 spiro atoms. The minimum Gasteiger partial charge on any atom is -0.368 e. The number of anilines is 1. The van der Waals surface area contributed by atoms with E-state index in [0.717, 1.165) is 29.0 Å². The van der Waals surface area contributed by atoms with Crippen molar-refractivity contribution >= 4 is 33.6 Å². The van der Waals surface area contributed by atoms with Crippen molar-refractivity contribution in [3.8, 4) is 0 Å². The van der Waals surface area contributed by atoms with Gasteiger partial charge in [-0.25, -0.2) is 4.98 Å². The van der Waals surface area contributed by atoms with Gasteiger partial charge in [0.2, 0.25) is 5.95 Å². The average Bonchev–Trinajstić information content (AvgIpc) is 2.36. The maximum atomic E-state index is 5.70. The van der Waals surface area contributed by atoms with E-state index in [2.05, 4.69) is 49.9 Å². The lowest BCUT2D eigenvalue weighted by atomic mass is 10.3. The number of hydrogen-bond acceptors (Lipinski definition) is 5. The predicted octanol–water partition coefficient (Wildman–Crippen LogP) is 3.46. The number of aromatic nitrogens is 3. The SMILES string of the molecule is CCCc1nc(N)nc(CSc2cccc(Br)c2)n1. The van der Waals surface area contributed by atoms with Gasteiger partial charge in [0.25, 0.3) is 0 Å². The average molecular weight is 339 g/mol. The first-order valence-corrected chi connectivity index (χ1v) is 7.83. The van der Waals surface area contributed by atoms with E-state index in [4.69, 9.17) is 5.73 Å². The number of benzene rings is 1. The molecule has 1 aromatic heterocycles. The zero-order valence-electron chi connectivity index (χ0n) is 10.6. The molecule has 1 heterocycles. The number of hydrogen-bond donors (Lipinski definition) is 1. The maximum Gasteiger partial charge on any atom is 0.223 e. The minimum atomic E-state index is 0.309. The van der Waals surface area contributed by atoms with E-state index in [0.29, 0.717) is 11.7 Å². The van der Waals surface area contributed by atoms with Crippen LogP contribution in [0.15, 0.2) is 33.6 Å². The summed E-state index contributed by atoms with van der Waals surface area (Å²) >= 11 is 5.14. The monoisotopic (exact) mass is 338 g/mol. The fraction of sp³-hybridized carbons (Fsp3) is 0.308. The molecule has 0 aliphatic heterocycles. The van der Waals surface area contributed by atoms with Gasteiger partial charge in [0, 0.05) is 15.8 Å². The van der Waals surface area contributed by atoms with Crippen LogP contribution in [0.1, 0.15) is 25.0 Å². The smallest absolute Gasteiger partial charge is 0.223 e. The third-order valence-corrected chi connectivity index (χ3v) is 3.87. The second-order valence-corrected chi connectivity index (χ2v) is 5.99. The molecule has 0 radical (unpaired) electrons. The third kappa shape index (κ3) is 4.47. The van der Waals surface area contributed by atoms with Gasteiger partial charge >= 0.3 is 0 Å². The summed E-state index contributed by atoms with van der Waals surface area (Å²) in [6.45, 7) is 2.09. The van der Waals surface area contributed by atoms with Gasteiger partial charge in [-0.1, -0.05) is 28.9 Å². The summed E-state index contributed by atoms with van der Waals surface area (Å²) in [5, 5.41) is 0. The Bertz CT molecular complexity index is 562. The van der Waals surface area contributed by atoms with Crippen LogP contribution in [0.3, 0.4) is 0 Å². The van der Waals surface area contributed by atoms with Crippen molar-refractivity contribution in [3.05, 3.63) is 40.4 Å². The van der Waals surface area contributed by atoms with Gasteiger partial charge in [0.05, 0.1) is 5.75 Å². The van der Waals surface area contributed by atoms with E-state index < -0.39 is 0 Å². The maximum absolute atomic E-state index is 5.70. The van der Waals surface area contributed by atoms with E-state index in [1.807, 2.05) is 12.1 Å². The summed E-state index contributed by atoms with van der Waals surface area (Å²) in [7, 11) is 0. The lowest BCUT2D eigenvalue weighted by Crippen LogP contribution is -2.06. The Morgan fingerprint density at radius 3 is 2.74 bits per heavy atom. The van der Waals surface area contributed by atoms with Crippen LogP contribution >= 0.6 is 27.7 Å². The molecule has 0 aliphatic rings. The first kappa shape index (κ1) is 14.3. The van der Waals surface area contributed by atoms with E-state index in [1.54, 1.807) is 11.8 Å². The van der Waals surface area contributed by atoms with Crippen LogP contribution in [-0.4, -0.2) is 15.0 Å². The molecule has 4 nitrogen and oxygen atoms in total. The van der Waals surface area contributed by atoms with Gasteiger partial charge in [-0.3, -0.25) is 0 Å². The topological polar surface area (TPSA) is 64.7 Å². The van der Waals surface area contributed by atoms with Gasteiger partial charge in [0.1, 0.15) is 11.6 Å². The van der Waals surface area contributed by atoms with Crippen LogP contribution in [0.2, 0.25) is 0 Å². The third-order valence-electron chi connectivity index (χ3n) is 2.38. The summed E-state index contributed by atoms with van der Waals surface area (Å²) < 4.78 is 1.07.